The van der Waals surface area contributed by atoms with E-state index in [9.17, 15) is 19.2 Å². The van der Waals surface area contributed by atoms with Gasteiger partial charge in [0.2, 0.25) is 0 Å². The van der Waals surface area contributed by atoms with Crippen LogP contribution in [0.25, 0.3) is 0 Å². The molecule has 0 aromatic carbocycles. The maximum absolute atomic E-state index is 11.5. The highest BCUT2D eigenvalue weighted by atomic mass is 16.6. The van der Waals surface area contributed by atoms with Gasteiger partial charge in [-0.1, -0.05) is 33.2 Å². The van der Waals surface area contributed by atoms with Crippen LogP contribution < -0.4 is 0 Å². The van der Waals surface area contributed by atoms with Gasteiger partial charge < -0.3 is 66.3 Å². The molecule has 0 aromatic heterocycles. The fourth-order valence-electron chi connectivity index (χ4n) is 5.06. The van der Waals surface area contributed by atoms with Gasteiger partial charge in [0.25, 0.3) is 0 Å². The zero-order valence-corrected chi connectivity index (χ0v) is 38.0. The van der Waals surface area contributed by atoms with Crippen LogP contribution in [-0.2, 0) is 85.5 Å². The van der Waals surface area contributed by atoms with Gasteiger partial charge in [-0.3, -0.25) is 9.59 Å². The second-order valence-corrected chi connectivity index (χ2v) is 14.4. The summed E-state index contributed by atoms with van der Waals surface area (Å²) in [4.78, 5) is 45.7. The third-order valence-electron chi connectivity index (χ3n) is 8.43. The van der Waals surface area contributed by atoms with E-state index in [-0.39, 0.29) is 117 Å². The van der Waals surface area contributed by atoms with Crippen molar-refractivity contribution >= 4 is 23.5 Å². The largest absolute Gasteiger partial charge is 0.460 e. The van der Waals surface area contributed by atoms with Crippen LogP contribution in [0.1, 0.15) is 32.6 Å². The summed E-state index contributed by atoms with van der Waals surface area (Å²) in [6.07, 6.45) is 6.65. The van der Waals surface area contributed by atoms with E-state index in [1.165, 1.54) is 12.2 Å². The van der Waals surface area contributed by atoms with Gasteiger partial charge in [-0.2, -0.15) is 0 Å². The van der Waals surface area contributed by atoms with Gasteiger partial charge in [-0.15, -0.1) is 0 Å². The van der Waals surface area contributed by atoms with Crippen LogP contribution in [0.15, 0.2) is 50.6 Å². The molecule has 0 bridgehead atoms. The number of hydrogen-bond acceptors (Lipinski definition) is 18. The fraction of sp³-hybridized carbons (Fsp3) is 0.733. The lowest BCUT2D eigenvalue weighted by molar-refractivity contribution is -0.140. The van der Waals surface area contributed by atoms with Crippen molar-refractivity contribution in [3.63, 3.8) is 0 Å². The van der Waals surface area contributed by atoms with E-state index < -0.39 is 22.8 Å². The molecule has 0 spiro atoms. The Balaban J connectivity index is 5.78. The number of esters is 2. The number of carbonyl (C=O) groups is 4. The molecule has 0 fully saturated rings. The Morgan fingerprint density at radius 2 is 0.683 bits per heavy atom. The predicted molar refractivity (Wildman–Crippen MR) is 233 cm³/mol. The Morgan fingerprint density at radius 1 is 0.381 bits per heavy atom. The molecule has 18 nitrogen and oxygen atoms in total. The summed E-state index contributed by atoms with van der Waals surface area (Å²) >= 11 is 0. The third-order valence-corrected chi connectivity index (χ3v) is 8.43. The summed E-state index contributed by atoms with van der Waals surface area (Å²) in [6, 6.07) is 0. The first-order chi connectivity index (χ1) is 30.6. The van der Waals surface area contributed by atoms with Gasteiger partial charge in [0.05, 0.1) is 144 Å². The smallest absolute Gasteiger partial charge is 0.330 e. The Kier molecular flexibility index (Phi) is 40.5. The van der Waals surface area contributed by atoms with Crippen LogP contribution >= 0.6 is 0 Å². The summed E-state index contributed by atoms with van der Waals surface area (Å²) in [6.45, 7) is 22.4. The molecular weight excluding hydrogens is 828 g/mol. The second kappa shape index (κ2) is 42.7. The molecule has 0 heterocycles. The maximum Gasteiger partial charge on any atom is 0.330 e. The number of hydrogen-bond donors (Lipinski definition) is 0. The maximum atomic E-state index is 11.5. The van der Waals surface area contributed by atoms with Crippen LogP contribution in [-0.4, -0.2) is 196 Å². The molecule has 1 atom stereocenters. The Hall–Kier alpha value is -3.24. The Morgan fingerprint density at radius 3 is 1.05 bits per heavy atom. The van der Waals surface area contributed by atoms with E-state index in [2.05, 4.69) is 26.3 Å². The van der Waals surface area contributed by atoms with E-state index in [1.807, 2.05) is 6.92 Å². The van der Waals surface area contributed by atoms with Gasteiger partial charge in [-0.05, 0) is 25.0 Å². The van der Waals surface area contributed by atoms with Crippen molar-refractivity contribution in [2.75, 3.05) is 172 Å². The van der Waals surface area contributed by atoms with Crippen molar-refractivity contribution in [2.24, 2.45) is 10.8 Å². The van der Waals surface area contributed by atoms with Crippen LogP contribution in [0.2, 0.25) is 0 Å². The Bertz CT molecular complexity index is 1120. The average molecular weight is 905 g/mol. The highest BCUT2D eigenvalue weighted by Gasteiger charge is 2.35. The zero-order chi connectivity index (χ0) is 46.5. The van der Waals surface area contributed by atoms with Crippen molar-refractivity contribution in [1.29, 1.82) is 0 Å². The lowest BCUT2D eigenvalue weighted by atomic mass is 9.91. The molecule has 0 rings (SSSR count). The molecule has 364 valence electrons. The molecule has 63 heavy (non-hydrogen) atoms. The summed E-state index contributed by atoms with van der Waals surface area (Å²) < 4.78 is 79.9. The lowest BCUT2D eigenvalue weighted by Gasteiger charge is -2.35. The van der Waals surface area contributed by atoms with Crippen molar-refractivity contribution < 1.29 is 85.5 Å². The SMILES string of the molecule is C=CC(=O)CCCOCCOCC(COCCOCCCC(=O)C=C)(COCCOCCOC(=O)C=C)COCC(C)(COCCOCCOC)COCCOCCOC(=O)C=C. The van der Waals surface area contributed by atoms with Crippen molar-refractivity contribution in [2.45, 2.75) is 32.6 Å². The topological polar surface area (TPSA) is 197 Å². The van der Waals surface area contributed by atoms with Gasteiger partial charge in [0, 0.05) is 50.7 Å². The van der Waals surface area contributed by atoms with E-state index in [4.69, 9.17) is 66.3 Å². The van der Waals surface area contributed by atoms with Gasteiger partial charge in [0.15, 0.2) is 11.6 Å². The molecule has 0 aliphatic heterocycles. The minimum Gasteiger partial charge on any atom is -0.460 e. The third kappa shape index (κ3) is 37.8. The summed E-state index contributed by atoms with van der Waals surface area (Å²) in [5.41, 5.74) is -1.42. The van der Waals surface area contributed by atoms with E-state index in [0.717, 1.165) is 12.2 Å². The number of allylic oxidation sites excluding steroid dienone is 2. The van der Waals surface area contributed by atoms with Crippen molar-refractivity contribution in [3.05, 3.63) is 50.6 Å². The van der Waals surface area contributed by atoms with E-state index in [1.54, 1.807) is 7.11 Å². The summed E-state index contributed by atoms with van der Waals surface area (Å²) in [7, 11) is 1.61. The van der Waals surface area contributed by atoms with Gasteiger partial charge in [-0.25, -0.2) is 9.59 Å². The van der Waals surface area contributed by atoms with Crippen LogP contribution in [0, 0.1) is 10.8 Å². The number of methoxy groups -OCH3 is 1. The predicted octanol–water partition coefficient (Wildman–Crippen LogP) is 3.34. The van der Waals surface area contributed by atoms with Crippen LogP contribution in [0.5, 0.6) is 0 Å². The molecule has 0 radical (unpaired) electrons. The standard InChI is InChI=1S/C45H76O18/c1-7-40(46)13-11-15-51-19-26-58-36-45(37-59-27-20-52-16-12-14-41(47)8-2,38-60-28-23-55-30-32-63-43(49)10-4)39-61-35-44(5,33-56-24-21-53-18-17-50-6)34-57-25-22-54-29-31-62-42(48)9-3/h7-10H,1-4,11-39H2,5-6H3. The number of rotatable bonds is 50. The van der Waals surface area contributed by atoms with Crippen molar-refractivity contribution in [3.8, 4) is 0 Å². The lowest BCUT2D eigenvalue weighted by Crippen LogP contribution is -2.44. The highest BCUT2D eigenvalue weighted by Crippen LogP contribution is 2.24. The molecule has 0 aromatic rings. The summed E-state index contributed by atoms with van der Waals surface area (Å²) in [5.74, 6) is -1.12. The number of ketones is 2. The average Bonchev–Trinajstić information content (AvgIpc) is 3.28. The minimum absolute atomic E-state index is 0.0368. The first kappa shape index (κ1) is 59.8. The first-order valence-corrected chi connectivity index (χ1v) is 21.3. The normalized spacial score (nSPS) is 12.3. The van der Waals surface area contributed by atoms with E-state index >= 15 is 0 Å². The molecule has 0 N–H and O–H groups in total. The molecule has 0 amide bonds. The molecule has 18 heteroatoms. The first-order valence-electron chi connectivity index (χ1n) is 21.3. The fourth-order valence-corrected chi connectivity index (χ4v) is 5.06. The minimum atomic E-state index is -0.813. The Labute approximate surface area is 374 Å². The molecule has 0 saturated heterocycles. The molecule has 0 saturated carbocycles. The summed E-state index contributed by atoms with van der Waals surface area (Å²) in [5, 5.41) is 0. The number of carbonyl (C=O) groups excluding carboxylic acids is 4. The highest BCUT2D eigenvalue weighted by molar-refractivity contribution is 5.89. The molecule has 0 aliphatic carbocycles. The van der Waals surface area contributed by atoms with Crippen LogP contribution in [0.3, 0.4) is 0 Å². The molecular formula is C45H76O18. The van der Waals surface area contributed by atoms with Crippen LogP contribution in [0.4, 0.5) is 0 Å². The molecule has 0 aliphatic rings. The zero-order valence-electron chi connectivity index (χ0n) is 38.0. The molecule has 1 unspecified atom stereocenters. The monoisotopic (exact) mass is 905 g/mol. The van der Waals surface area contributed by atoms with Gasteiger partial charge in [0.1, 0.15) is 13.2 Å². The van der Waals surface area contributed by atoms with Gasteiger partial charge >= 0.3 is 11.9 Å². The second-order valence-electron chi connectivity index (χ2n) is 14.4. The quantitative estimate of drug-likeness (QED) is 0.0489. The van der Waals surface area contributed by atoms with Crippen molar-refractivity contribution in [1.82, 2.24) is 0 Å². The van der Waals surface area contributed by atoms with E-state index in [0.29, 0.717) is 85.1 Å². The number of ether oxygens (including phenoxy) is 14.